The van der Waals surface area contributed by atoms with Crippen LogP contribution in [0.1, 0.15) is 21.7 Å². The van der Waals surface area contributed by atoms with E-state index in [0.717, 1.165) is 10.6 Å². The Balaban J connectivity index is 2.08. The first kappa shape index (κ1) is 14.7. The SMILES string of the molecule is Cc1ncsc1CNS(=O)(=O)Cc1ccccc1C#N. The first-order chi connectivity index (χ1) is 9.52. The Morgan fingerprint density at radius 3 is 2.80 bits per heavy atom. The van der Waals surface area contributed by atoms with Crippen LogP contribution < -0.4 is 4.72 Å². The summed E-state index contributed by atoms with van der Waals surface area (Å²) >= 11 is 1.41. The molecule has 0 aliphatic carbocycles. The summed E-state index contributed by atoms with van der Waals surface area (Å²) in [6, 6.07) is 8.69. The largest absolute Gasteiger partial charge is 0.250 e. The van der Waals surface area contributed by atoms with Crippen molar-refractivity contribution in [3.8, 4) is 6.07 Å². The predicted octanol–water partition coefficient (Wildman–Crippen LogP) is 1.94. The quantitative estimate of drug-likeness (QED) is 0.915. The normalized spacial score (nSPS) is 11.2. The van der Waals surface area contributed by atoms with E-state index in [0.29, 0.717) is 11.1 Å². The van der Waals surface area contributed by atoms with Gasteiger partial charge in [-0.15, -0.1) is 11.3 Å². The van der Waals surface area contributed by atoms with Crippen LogP contribution in [0.5, 0.6) is 0 Å². The number of benzene rings is 1. The molecule has 0 spiro atoms. The van der Waals surface area contributed by atoms with Gasteiger partial charge in [-0.3, -0.25) is 0 Å². The standard InChI is InChI=1S/C13H13N3O2S2/c1-10-13(19-9-15-10)7-16-20(17,18)8-12-5-3-2-4-11(12)6-14/h2-5,9,16H,7-8H2,1H3. The van der Waals surface area contributed by atoms with Gasteiger partial charge in [-0.2, -0.15) is 5.26 Å². The molecule has 0 saturated carbocycles. The van der Waals surface area contributed by atoms with Gasteiger partial charge in [0.15, 0.2) is 0 Å². The third-order valence-corrected chi connectivity index (χ3v) is 4.99. The molecule has 0 fully saturated rings. The van der Waals surface area contributed by atoms with E-state index in [9.17, 15) is 8.42 Å². The Morgan fingerprint density at radius 2 is 2.15 bits per heavy atom. The minimum Gasteiger partial charge on any atom is -0.250 e. The molecule has 0 radical (unpaired) electrons. The second-order valence-electron chi connectivity index (χ2n) is 4.21. The molecule has 0 saturated heterocycles. The molecule has 2 aromatic rings. The van der Waals surface area contributed by atoms with E-state index in [1.165, 1.54) is 11.3 Å². The van der Waals surface area contributed by atoms with E-state index in [1.807, 2.05) is 13.0 Å². The van der Waals surface area contributed by atoms with Crippen molar-refractivity contribution in [3.05, 3.63) is 51.5 Å². The molecule has 1 heterocycles. The lowest BCUT2D eigenvalue weighted by atomic mass is 10.1. The highest BCUT2D eigenvalue weighted by atomic mass is 32.2. The minimum absolute atomic E-state index is 0.200. The van der Waals surface area contributed by atoms with Gasteiger partial charge < -0.3 is 0 Å². The molecule has 7 heteroatoms. The zero-order valence-corrected chi connectivity index (χ0v) is 12.5. The van der Waals surface area contributed by atoms with Gasteiger partial charge in [0.05, 0.1) is 28.6 Å². The number of nitrogens with zero attached hydrogens (tertiary/aromatic N) is 2. The second-order valence-corrected chi connectivity index (χ2v) is 6.96. The minimum atomic E-state index is -3.48. The lowest BCUT2D eigenvalue weighted by Crippen LogP contribution is -2.25. The molecule has 2 rings (SSSR count). The molecule has 0 atom stereocenters. The summed E-state index contributed by atoms with van der Waals surface area (Å²) in [5.74, 6) is -0.200. The second kappa shape index (κ2) is 6.13. The van der Waals surface area contributed by atoms with Crippen LogP contribution >= 0.6 is 11.3 Å². The molecule has 104 valence electrons. The number of nitrogens with one attached hydrogen (secondary N) is 1. The summed E-state index contributed by atoms with van der Waals surface area (Å²) in [6.07, 6.45) is 0. The molecule has 20 heavy (non-hydrogen) atoms. The van der Waals surface area contributed by atoms with Gasteiger partial charge in [0.2, 0.25) is 10.0 Å². The van der Waals surface area contributed by atoms with Crippen molar-refractivity contribution in [1.82, 2.24) is 9.71 Å². The lowest BCUT2D eigenvalue weighted by Gasteiger charge is -2.07. The summed E-state index contributed by atoms with van der Waals surface area (Å²) in [5.41, 5.74) is 3.40. The van der Waals surface area contributed by atoms with Gasteiger partial charge in [0.1, 0.15) is 0 Å². The number of nitriles is 1. The van der Waals surface area contributed by atoms with Crippen LogP contribution in [0.4, 0.5) is 0 Å². The average Bonchev–Trinajstić information content (AvgIpc) is 2.82. The number of aryl methyl sites for hydroxylation is 1. The fraction of sp³-hybridized carbons (Fsp3) is 0.231. The summed E-state index contributed by atoms with van der Waals surface area (Å²) in [6.45, 7) is 2.07. The fourth-order valence-corrected chi connectivity index (χ4v) is 3.62. The zero-order chi connectivity index (χ0) is 14.6. The van der Waals surface area contributed by atoms with Gasteiger partial charge in [-0.25, -0.2) is 18.1 Å². The molecule has 5 nitrogen and oxygen atoms in total. The number of aromatic nitrogens is 1. The van der Waals surface area contributed by atoms with E-state index in [4.69, 9.17) is 5.26 Å². The van der Waals surface area contributed by atoms with E-state index in [1.54, 1.807) is 29.8 Å². The number of sulfonamides is 1. The van der Waals surface area contributed by atoms with Crippen molar-refractivity contribution < 1.29 is 8.42 Å². The Bertz CT molecular complexity index is 745. The summed E-state index contributed by atoms with van der Waals surface area (Å²) in [7, 11) is -3.48. The molecule has 0 bridgehead atoms. The lowest BCUT2D eigenvalue weighted by molar-refractivity contribution is 0.580. The van der Waals surface area contributed by atoms with Gasteiger partial charge in [-0.05, 0) is 18.6 Å². The first-order valence-electron chi connectivity index (χ1n) is 5.86. The monoisotopic (exact) mass is 307 g/mol. The number of thiazole rings is 1. The highest BCUT2D eigenvalue weighted by molar-refractivity contribution is 7.88. The Hall–Kier alpha value is -1.75. The smallest absolute Gasteiger partial charge is 0.216 e. The van der Waals surface area contributed by atoms with E-state index >= 15 is 0 Å². The Labute approximate surface area is 122 Å². The van der Waals surface area contributed by atoms with Crippen molar-refractivity contribution in [3.63, 3.8) is 0 Å². The first-order valence-corrected chi connectivity index (χ1v) is 8.39. The van der Waals surface area contributed by atoms with Crippen molar-refractivity contribution >= 4 is 21.4 Å². The van der Waals surface area contributed by atoms with Crippen LogP contribution in [0, 0.1) is 18.3 Å². The maximum atomic E-state index is 12.0. The van der Waals surface area contributed by atoms with Crippen LogP contribution in [0.25, 0.3) is 0 Å². The van der Waals surface area contributed by atoms with Crippen LogP contribution in [-0.4, -0.2) is 13.4 Å². The summed E-state index contributed by atoms with van der Waals surface area (Å²) < 4.78 is 26.6. The van der Waals surface area contributed by atoms with Crippen molar-refractivity contribution in [2.24, 2.45) is 0 Å². The fourth-order valence-electron chi connectivity index (χ4n) is 1.68. The Morgan fingerprint density at radius 1 is 1.40 bits per heavy atom. The molecule has 0 aliphatic heterocycles. The number of hydrogen-bond acceptors (Lipinski definition) is 5. The van der Waals surface area contributed by atoms with Crippen molar-refractivity contribution in [1.29, 1.82) is 5.26 Å². The third-order valence-electron chi connectivity index (χ3n) is 2.78. The highest BCUT2D eigenvalue weighted by Gasteiger charge is 2.14. The van der Waals surface area contributed by atoms with Crippen molar-refractivity contribution in [2.75, 3.05) is 0 Å². The molecule has 0 aliphatic rings. The maximum absolute atomic E-state index is 12.0. The molecule has 1 aromatic carbocycles. The van der Waals surface area contributed by atoms with Gasteiger partial charge in [-0.1, -0.05) is 18.2 Å². The van der Waals surface area contributed by atoms with E-state index < -0.39 is 10.0 Å². The molecule has 1 aromatic heterocycles. The maximum Gasteiger partial charge on any atom is 0.216 e. The number of rotatable bonds is 5. The molecule has 1 N–H and O–H groups in total. The Kier molecular flexibility index (Phi) is 4.49. The van der Waals surface area contributed by atoms with Crippen LogP contribution in [0.15, 0.2) is 29.8 Å². The van der Waals surface area contributed by atoms with Gasteiger partial charge in [0, 0.05) is 11.4 Å². The zero-order valence-electron chi connectivity index (χ0n) is 10.8. The topological polar surface area (TPSA) is 82.8 Å². The number of hydrogen-bond donors (Lipinski definition) is 1. The van der Waals surface area contributed by atoms with Crippen LogP contribution in [0.3, 0.4) is 0 Å². The summed E-state index contributed by atoms with van der Waals surface area (Å²) in [4.78, 5) is 4.96. The summed E-state index contributed by atoms with van der Waals surface area (Å²) in [5, 5.41) is 8.96. The predicted molar refractivity (Wildman–Crippen MR) is 77.5 cm³/mol. The third kappa shape index (κ3) is 3.63. The van der Waals surface area contributed by atoms with Crippen LogP contribution in [0.2, 0.25) is 0 Å². The molecule has 0 unspecified atom stereocenters. The van der Waals surface area contributed by atoms with Gasteiger partial charge in [0.25, 0.3) is 0 Å². The molecule has 0 amide bonds. The average molecular weight is 307 g/mol. The molecular formula is C13H13N3O2S2. The van der Waals surface area contributed by atoms with E-state index in [2.05, 4.69) is 9.71 Å². The van der Waals surface area contributed by atoms with Gasteiger partial charge >= 0.3 is 0 Å². The van der Waals surface area contributed by atoms with Crippen LogP contribution in [-0.2, 0) is 22.3 Å². The van der Waals surface area contributed by atoms with Crippen molar-refractivity contribution in [2.45, 2.75) is 19.2 Å². The molecular weight excluding hydrogens is 294 g/mol. The van der Waals surface area contributed by atoms with E-state index in [-0.39, 0.29) is 12.3 Å². The highest BCUT2D eigenvalue weighted by Crippen LogP contribution is 2.14.